The van der Waals surface area contributed by atoms with E-state index >= 15 is 0 Å². The molecule has 0 N–H and O–H groups in total. The Bertz CT molecular complexity index is 1470. The SMILES string of the molecule is Cn1c(N2CCC3(C=C(c4c(-c5c(Cl)cccc5Cl)noc4C4CC4)C3)CC2)nc2ccccc21. The van der Waals surface area contributed by atoms with Crippen molar-refractivity contribution >= 4 is 45.8 Å². The molecule has 5 nitrogen and oxygen atoms in total. The molecule has 1 spiro atoms. The van der Waals surface area contributed by atoms with E-state index in [-0.39, 0.29) is 5.41 Å². The highest BCUT2D eigenvalue weighted by molar-refractivity contribution is 6.39. The molecule has 3 aliphatic rings. The van der Waals surface area contributed by atoms with E-state index in [4.69, 9.17) is 32.7 Å². The van der Waals surface area contributed by atoms with Gasteiger partial charge in [-0.3, -0.25) is 0 Å². The van der Waals surface area contributed by atoms with E-state index in [9.17, 15) is 0 Å². The van der Waals surface area contributed by atoms with Gasteiger partial charge in [-0.1, -0.05) is 52.6 Å². The van der Waals surface area contributed by atoms with Gasteiger partial charge < -0.3 is 14.0 Å². The maximum atomic E-state index is 6.57. The first-order valence-electron chi connectivity index (χ1n) is 12.4. The Hall–Kier alpha value is -2.76. The van der Waals surface area contributed by atoms with Gasteiger partial charge in [0.15, 0.2) is 0 Å². The van der Waals surface area contributed by atoms with Gasteiger partial charge in [-0.05, 0) is 67.4 Å². The quantitative estimate of drug-likeness (QED) is 0.288. The summed E-state index contributed by atoms with van der Waals surface area (Å²) in [5.41, 5.74) is 6.50. The van der Waals surface area contributed by atoms with Gasteiger partial charge in [-0.2, -0.15) is 0 Å². The highest BCUT2D eigenvalue weighted by Crippen LogP contribution is 2.56. The average Bonchev–Trinajstić information content (AvgIpc) is 3.52. The zero-order chi connectivity index (χ0) is 23.7. The van der Waals surface area contributed by atoms with Crippen LogP contribution in [0.5, 0.6) is 0 Å². The van der Waals surface area contributed by atoms with E-state index in [2.05, 4.69) is 52.0 Å². The fraction of sp³-hybridized carbons (Fsp3) is 0.357. The number of para-hydroxylation sites is 2. The van der Waals surface area contributed by atoms with Gasteiger partial charge >= 0.3 is 0 Å². The molecule has 1 saturated heterocycles. The molecule has 2 aromatic heterocycles. The summed E-state index contributed by atoms with van der Waals surface area (Å²) in [6, 6.07) is 13.9. The minimum absolute atomic E-state index is 0.232. The molecular formula is C28H26Cl2N4O. The van der Waals surface area contributed by atoms with E-state index in [0.717, 1.165) is 79.2 Å². The fourth-order valence-corrected chi connectivity index (χ4v) is 6.48. The van der Waals surface area contributed by atoms with E-state index in [1.165, 1.54) is 11.1 Å². The molecule has 2 aromatic carbocycles. The summed E-state index contributed by atoms with van der Waals surface area (Å²) in [5.74, 6) is 2.54. The van der Waals surface area contributed by atoms with Crippen molar-refractivity contribution in [2.24, 2.45) is 12.5 Å². The minimum Gasteiger partial charge on any atom is -0.360 e. The number of piperidine rings is 1. The maximum absolute atomic E-state index is 6.57. The number of rotatable bonds is 4. The lowest BCUT2D eigenvalue weighted by molar-refractivity contribution is 0.275. The molecule has 4 aromatic rings. The van der Waals surface area contributed by atoms with Gasteiger partial charge in [-0.25, -0.2) is 4.98 Å². The van der Waals surface area contributed by atoms with Gasteiger partial charge in [0.05, 0.1) is 21.1 Å². The molecule has 0 amide bonds. The fourth-order valence-electron chi connectivity index (χ4n) is 5.90. The van der Waals surface area contributed by atoms with Crippen molar-refractivity contribution in [2.45, 2.75) is 38.0 Å². The lowest BCUT2D eigenvalue weighted by atomic mass is 9.63. The van der Waals surface area contributed by atoms with Gasteiger partial charge in [0, 0.05) is 37.2 Å². The maximum Gasteiger partial charge on any atom is 0.206 e. The Morgan fingerprint density at radius 2 is 1.69 bits per heavy atom. The predicted octanol–water partition coefficient (Wildman–Crippen LogP) is 7.49. The monoisotopic (exact) mass is 504 g/mol. The zero-order valence-electron chi connectivity index (χ0n) is 19.6. The molecule has 0 radical (unpaired) electrons. The number of anilines is 1. The van der Waals surface area contributed by atoms with Gasteiger partial charge in [0.25, 0.3) is 0 Å². The van der Waals surface area contributed by atoms with Crippen molar-refractivity contribution in [1.82, 2.24) is 14.7 Å². The first kappa shape index (κ1) is 21.5. The number of hydrogen-bond acceptors (Lipinski definition) is 4. The molecule has 2 aliphatic carbocycles. The van der Waals surface area contributed by atoms with Crippen LogP contribution in [0.1, 0.15) is 49.3 Å². The second-order valence-electron chi connectivity index (χ2n) is 10.3. The lowest BCUT2D eigenvalue weighted by Crippen LogP contribution is -2.43. The van der Waals surface area contributed by atoms with Crippen molar-refractivity contribution in [3.8, 4) is 11.3 Å². The van der Waals surface area contributed by atoms with Crippen LogP contribution in [-0.2, 0) is 7.05 Å². The van der Waals surface area contributed by atoms with Crippen LogP contribution in [0.4, 0.5) is 5.95 Å². The summed E-state index contributed by atoms with van der Waals surface area (Å²) in [7, 11) is 2.11. The summed E-state index contributed by atoms with van der Waals surface area (Å²) in [4.78, 5) is 7.34. The van der Waals surface area contributed by atoms with Crippen molar-refractivity contribution < 1.29 is 4.52 Å². The van der Waals surface area contributed by atoms with Crippen LogP contribution in [0.3, 0.4) is 0 Å². The number of hydrogen-bond donors (Lipinski definition) is 0. The standard InChI is InChI=1S/C28H26Cl2N4O/c1-33-22-8-3-2-7-21(22)31-27(33)34-13-11-28(12-14-34)15-18(16-28)23-25(32-35-26(23)17-9-10-17)24-19(29)5-4-6-20(24)30/h2-8,15,17H,9-14,16H2,1H3. The molecule has 35 heavy (non-hydrogen) atoms. The number of allylic oxidation sites excluding steroid dienone is 2. The second kappa shape index (κ2) is 7.87. The number of imidazole rings is 1. The molecule has 0 unspecified atom stereocenters. The first-order valence-corrected chi connectivity index (χ1v) is 13.1. The summed E-state index contributed by atoms with van der Waals surface area (Å²) < 4.78 is 8.12. The van der Waals surface area contributed by atoms with Gasteiger partial charge in [0.1, 0.15) is 11.5 Å². The molecule has 0 atom stereocenters. The topological polar surface area (TPSA) is 47.1 Å². The van der Waals surface area contributed by atoms with Crippen molar-refractivity contribution in [1.29, 1.82) is 0 Å². The Balaban J connectivity index is 1.17. The molecule has 1 saturated carbocycles. The molecule has 178 valence electrons. The van der Waals surface area contributed by atoms with E-state index in [0.29, 0.717) is 16.0 Å². The zero-order valence-corrected chi connectivity index (χ0v) is 21.1. The summed E-state index contributed by atoms with van der Waals surface area (Å²) in [6.07, 6.45) is 8.07. The molecule has 2 fully saturated rings. The van der Waals surface area contributed by atoms with Crippen LogP contribution in [-0.4, -0.2) is 27.8 Å². The van der Waals surface area contributed by atoms with E-state index in [1.807, 2.05) is 18.2 Å². The van der Waals surface area contributed by atoms with Crippen LogP contribution in [0.25, 0.3) is 27.9 Å². The lowest BCUT2D eigenvalue weighted by Gasteiger charge is -2.46. The molecule has 3 heterocycles. The Morgan fingerprint density at radius 1 is 0.971 bits per heavy atom. The van der Waals surface area contributed by atoms with E-state index < -0.39 is 0 Å². The van der Waals surface area contributed by atoms with E-state index in [1.54, 1.807) is 0 Å². The van der Waals surface area contributed by atoms with Crippen LogP contribution in [0, 0.1) is 5.41 Å². The third-order valence-electron chi connectivity index (χ3n) is 8.02. The number of nitrogens with zero attached hydrogens (tertiary/aromatic N) is 4. The van der Waals surface area contributed by atoms with Crippen molar-refractivity contribution in [3.63, 3.8) is 0 Å². The summed E-state index contributed by atoms with van der Waals surface area (Å²) in [5, 5.41) is 5.71. The molecule has 0 bridgehead atoms. The number of aromatic nitrogens is 3. The molecule has 1 aliphatic heterocycles. The number of halogens is 2. The van der Waals surface area contributed by atoms with Crippen LogP contribution in [0.2, 0.25) is 10.0 Å². The van der Waals surface area contributed by atoms with Gasteiger partial charge in [-0.15, -0.1) is 0 Å². The third-order valence-corrected chi connectivity index (χ3v) is 8.65. The smallest absolute Gasteiger partial charge is 0.206 e. The minimum atomic E-state index is 0.232. The van der Waals surface area contributed by atoms with Gasteiger partial charge in [0.2, 0.25) is 5.95 Å². The number of aryl methyl sites for hydroxylation is 1. The first-order chi connectivity index (χ1) is 17.0. The van der Waals surface area contributed by atoms with Crippen LogP contribution >= 0.6 is 23.2 Å². The third kappa shape index (κ3) is 3.43. The Labute approximate surface area is 214 Å². The highest BCUT2D eigenvalue weighted by Gasteiger charge is 2.44. The summed E-state index contributed by atoms with van der Waals surface area (Å²) >= 11 is 13.1. The Morgan fingerprint density at radius 3 is 2.37 bits per heavy atom. The van der Waals surface area contributed by atoms with Crippen molar-refractivity contribution in [2.75, 3.05) is 18.0 Å². The highest BCUT2D eigenvalue weighted by atomic mass is 35.5. The predicted molar refractivity (Wildman–Crippen MR) is 141 cm³/mol. The largest absolute Gasteiger partial charge is 0.360 e. The second-order valence-corrected chi connectivity index (χ2v) is 11.1. The molecule has 7 rings (SSSR count). The summed E-state index contributed by atoms with van der Waals surface area (Å²) in [6.45, 7) is 2.01. The Kier molecular flexibility index (Phi) is 4.84. The molecular weight excluding hydrogens is 479 g/mol. The normalized spacial score (nSPS) is 19.3. The van der Waals surface area contributed by atoms with Crippen LogP contribution in [0.15, 0.2) is 53.1 Å². The van der Waals surface area contributed by atoms with Crippen molar-refractivity contribution in [3.05, 3.63) is 69.9 Å². The number of fused-ring (bicyclic) bond motifs is 1. The molecule has 7 heteroatoms. The average molecular weight is 505 g/mol. The number of benzene rings is 2. The van der Waals surface area contributed by atoms with Crippen LogP contribution < -0.4 is 4.90 Å².